The minimum atomic E-state index is -0.486. The monoisotopic (exact) mass is 425 g/mol. The van der Waals surface area contributed by atoms with Crippen molar-refractivity contribution < 1.29 is 9.53 Å². The SMILES string of the molecule is CCOC(=O)c1c(N)n(CCNc2cccc3ccccc23)c2nc3ccccc3nc12. The van der Waals surface area contributed by atoms with Crippen molar-refractivity contribution >= 4 is 50.4 Å². The second-order valence-electron chi connectivity index (χ2n) is 7.47. The number of aromatic nitrogens is 3. The number of esters is 1. The lowest BCUT2D eigenvalue weighted by Gasteiger charge is -2.12. The molecule has 0 fully saturated rings. The van der Waals surface area contributed by atoms with E-state index in [4.69, 9.17) is 15.5 Å². The van der Waals surface area contributed by atoms with Crippen molar-refractivity contribution in [2.45, 2.75) is 13.5 Å². The lowest BCUT2D eigenvalue weighted by atomic mass is 10.1. The molecule has 5 rings (SSSR count). The number of hydrogen-bond acceptors (Lipinski definition) is 6. The van der Waals surface area contributed by atoms with Gasteiger partial charge in [0.2, 0.25) is 0 Å². The number of carbonyl (C=O) groups is 1. The van der Waals surface area contributed by atoms with E-state index in [-0.39, 0.29) is 12.2 Å². The van der Waals surface area contributed by atoms with Gasteiger partial charge < -0.3 is 20.4 Å². The maximum absolute atomic E-state index is 12.7. The first-order chi connectivity index (χ1) is 15.7. The van der Waals surface area contributed by atoms with E-state index >= 15 is 0 Å². The van der Waals surface area contributed by atoms with Gasteiger partial charge in [0.1, 0.15) is 16.9 Å². The van der Waals surface area contributed by atoms with Gasteiger partial charge in [0.25, 0.3) is 0 Å². The third kappa shape index (κ3) is 3.37. The highest BCUT2D eigenvalue weighted by atomic mass is 16.5. The van der Waals surface area contributed by atoms with E-state index in [1.807, 2.05) is 47.0 Å². The van der Waals surface area contributed by atoms with Gasteiger partial charge in [0, 0.05) is 24.2 Å². The third-order valence-electron chi connectivity index (χ3n) is 5.51. The molecule has 0 spiro atoms. The molecule has 2 aromatic heterocycles. The average Bonchev–Trinajstić information content (AvgIpc) is 3.08. The van der Waals surface area contributed by atoms with Crippen molar-refractivity contribution in [3.8, 4) is 0 Å². The van der Waals surface area contributed by atoms with E-state index in [0.717, 1.165) is 16.6 Å². The average molecular weight is 425 g/mol. The molecule has 3 aromatic carbocycles. The van der Waals surface area contributed by atoms with Crippen LogP contribution in [0.5, 0.6) is 0 Å². The molecular weight excluding hydrogens is 402 g/mol. The quantitative estimate of drug-likeness (QED) is 0.386. The predicted octanol–water partition coefficient (Wildman–Crippen LogP) is 4.61. The van der Waals surface area contributed by atoms with E-state index in [0.29, 0.717) is 35.6 Å². The fourth-order valence-corrected chi connectivity index (χ4v) is 4.03. The third-order valence-corrected chi connectivity index (χ3v) is 5.51. The molecule has 32 heavy (non-hydrogen) atoms. The summed E-state index contributed by atoms with van der Waals surface area (Å²) in [6, 6.07) is 22.0. The zero-order valence-corrected chi connectivity index (χ0v) is 17.7. The molecule has 0 unspecified atom stereocenters. The largest absolute Gasteiger partial charge is 0.462 e. The van der Waals surface area contributed by atoms with Crippen LogP contribution in [0.3, 0.4) is 0 Å². The summed E-state index contributed by atoms with van der Waals surface area (Å²) in [6.45, 7) is 3.13. The standard InChI is InChI=1S/C25H23N5O2/c1-2-32-25(31)21-22-24(29-20-12-6-5-11-19(20)28-22)30(23(21)26)15-14-27-18-13-7-9-16-8-3-4-10-17(16)18/h3-13,27H,2,14-15,26H2,1H3. The number of nitrogens with two attached hydrogens (primary N) is 1. The van der Waals surface area contributed by atoms with E-state index < -0.39 is 5.97 Å². The van der Waals surface area contributed by atoms with Crippen molar-refractivity contribution in [3.05, 3.63) is 72.3 Å². The first-order valence-electron chi connectivity index (χ1n) is 10.6. The number of ether oxygens (including phenoxy) is 1. The summed E-state index contributed by atoms with van der Waals surface area (Å²) in [5.74, 6) is -0.172. The second kappa shape index (κ2) is 8.19. The molecule has 0 aliphatic heterocycles. The molecule has 0 radical (unpaired) electrons. The van der Waals surface area contributed by atoms with Crippen LogP contribution >= 0.6 is 0 Å². The van der Waals surface area contributed by atoms with E-state index in [9.17, 15) is 4.79 Å². The highest BCUT2D eigenvalue weighted by molar-refractivity contribution is 6.08. The summed E-state index contributed by atoms with van der Waals surface area (Å²) < 4.78 is 7.08. The highest BCUT2D eigenvalue weighted by Crippen LogP contribution is 2.29. The molecule has 5 aromatic rings. The van der Waals surface area contributed by atoms with Gasteiger partial charge in [0.05, 0.1) is 17.6 Å². The van der Waals surface area contributed by atoms with E-state index in [2.05, 4.69) is 34.6 Å². The molecule has 0 saturated heterocycles. The van der Waals surface area contributed by atoms with Crippen LogP contribution in [0.15, 0.2) is 66.7 Å². The summed E-state index contributed by atoms with van der Waals surface area (Å²) in [6.07, 6.45) is 0. The number of benzene rings is 3. The molecule has 0 amide bonds. The maximum atomic E-state index is 12.7. The fourth-order valence-electron chi connectivity index (χ4n) is 4.03. The maximum Gasteiger partial charge on any atom is 0.344 e. The Morgan fingerprint density at radius 2 is 1.72 bits per heavy atom. The smallest absolute Gasteiger partial charge is 0.344 e. The van der Waals surface area contributed by atoms with Crippen LogP contribution in [0, 0.1) is 0 Å². The second-order valence-corrected chi connectivity index (χ2v) is 7.47. The lowest BCUT2D eigenvalue weighted by Crippen LogP contribution is -2.14. The highest BCUT2D eigenvalue weighted by Gasteiger charge is 2.24. The number of nitrogens with zero attached hydrogens (tertiary/aromatic N) is 3. The Bertz CT molecular complexity index is 1450. The van der Waals surface area contributed by atoms with Crippen molar-refractivity contribution in [2.24, 2.45) is 0 Å². The number of nitrogen functional groups attached to an aromatic ring is 1. The Kier molecular flexibility index (Phi) is 5.07. The van der Waals surface area contributed by atoms with Gasteiger partial charge in [-0.2, -0.15) is 0 Å². The number of carbonyl (C=O) groups excluding carboxylic acids is 1. The molecule has 0 saturated carbocycles. The zero-order chi connectivity index (χ0) is 22.1. The van der Waals surface area contributed by atoms with Crippen LogP contribution in [0.25, 0.3) is 33.0 Å². The Hall–Kier alpha value is -4.13. The summed E-state index contributed by atoms with van der Waals surface area (Å²) in [7, 11) is 0. The Labute approximate surface area is 184 Å². The lowest BCUT2D eigenvalue weighted by molar-refractivity contribution is 0.0529. The normalized spacial score (nSPS) is 11.3. The predicted molar refractivity (Wildman–Crippen MR) is 128 cm³/mol. The van der Waals surface area contributed by atoms with Crippen LogP contribution in [-0.4, -0.2) is 33.7 Å². The summed E-state index contributed by atoms with van der Waals surface area (Å²) in [5, 5.41) is 5.81. The van der Waals surface area contributed by atoms with Gasteiger partial charge in [-0.05, 0) is 30.5 Å². The van der Waals surface area contributed by atoms with E-state index in [1.165, 1.54) is 5.39 Å². The van der Waals surface area contributed by atoms with E-state index in [1.54, 1.807) is 6.92 Å². The number of nitrogens with one attached hydrogen (secondary N) is 1. The van der Waals surface area contributed by atoms with Gasteiger partial charge in [-0.1, -0.05) is 48.5 Å². The summed E-state index contributed by atoms with van der Waals surface area (Å²) in [5.41, 5.74) is 10.2. The van der Waals surface area contributed by atoms with Crippen LogP contribution < -0.4 is 11.1 Å². The van der Waals surface area contributed by atoms with Crippen molar-refractivity contribution in [1.29, 1.82) is 0 Å². The van der Waals surface area contributed by atoms with Gasteiger partial charge >= 0.3 is 5.97 Å². The molecule has 0 aliphatic rings. The van der Waals surface area contributed by atoms with Crippen LogP contribution in [0.4, 0.5) is 11.5 Å². The number of rotatable bonds is 6. The molecular formula is C25H23N5O2. The Balaban J connectivity index is 1.53. The van der Waals surface area contributed by atoms with Gasteiger partial charge in [-0.25, -0.2) is 14.8 Å². The number of para-hydroxylation sites is 2. The van der Waals surface area contributed by atoms with Crippen LogP contribution in [0.1, 0.15) is 17.3 Å². The van der Waals surface area contributed by atoms with Gasteiger partial charge in [0.15, 0.2) is 5.65 Å². The molecule has 0 aliphatic carbocycles. The minimum Gasteiger partial charge on any atom is -0.462 e. The fraction of sp³-hybridized carbons (Fsp3) is 0.160. The molecule has 2 heterocycles. The van der Waals surface area contributed by atoms with Gasteiger partial charge in [-0.15, -0.1) is 0 Å². The number of fused-ring (bicyclic) bond motifs is 3. The number of hydrogen-bond donors (Lipinski definition) is 2. The van der Waals surface area contributed by atoms with Crippen LogP contribution in [-0.2, 0) is 11.3 Å². The molecule has 7 heteroatoms. The number of anilines is 2. The minimum absolute atomic E-state index is 0.259. The van der Waals surface area contributed by atoms with Crippen molar-refractivity contribution in [3.63, 3.8) is 0 Å². The zero-order valence-electron chi connectivity index (χ0n) is 17.7. The molecule has 7 nitrogen and oxygen atoms in total. The molecule has 3 N–H and O–H groups in total. The Morgan fingerprint density at radius 1 is 1.00 bits per heavy atom. The molecule has 0 bridgehead atoms. The summed E-state index contributed by atoms with van der Waals surface area (Å²) >= 11 is 0. The molecule has 0 atom stereocenters. The molecule has 160 valence electrons. The van der Waals surface area contributed by atoms with Crippen molar-refractivity contribution in [2.75, 3.05) is 24.2 Å². The Morgan fingerprint density at radius 3 is 2.53 bits per heavy atom. The first-order valence-corrected chi connectivity index (χ1v) is 10.6. The first kappa shape index (κ1) is 19.8. The topological polar surface area (TPSA) is 95.1 Å². The van der Waals surface area contributed by atoms with Crippen molar-refractivity contribution in [1.82, 2.24) is 14.5 Å². The summed E-state index contributed by atoms with van der Waals surface area (Å²) in [4.78, 5) is 22.1. The van der Waals surface area contributed by atoms with Crippen LogP contribution in [0.2, 0.25) is 0 Å². The van der Waals surface area contributed by atoms with Gasteiger partial charge in [-0.3, -0.25) is 0 Å².